The van der Waals surface area contributed by atoms with Crippen LogP contribution in [0.2, 0.25) is 5.02 Å². The summed E-state index contributed by atoms with van der Waals surface area (Å²) in [6.07, 6.45) is -4.37. The van der Waals surface area contributed by atoms with Gasteiger partial charge in [0.25, 0.3) is 5.54 Å². The quantitative estimate of drug-likeness (QED) is 0.585. The topological polar surface area (TPSA) is 94.6 Å². The van der Waals surface area contributed by atoms with E-state index in [2.05, 4.69) is 10.3 Å². The number of pyridine rings is 1. The van der Waals surface area contributed by atoms with Gasteiger partial charge in [0.15, 0.2) is 0 Å². The molecule has 1 aromatic rings. The Labute approximate surface area is 151 Å². The van der Waals surface area contributed by atoms with E-state index in [-0.39, 0.29) is 13.2 Å². The van der Waals surface area contributed by atoms with Crippen molar-refractivity contribution in [2.75, 3.05) is 13.2 Å². The molecule has 1 rings (SSSR count). The van der Waals surface area contributed by atoms with E-state index in [1.807, 2.05) is 0 Å². The Balaban J connectivity index is 3.69. The molecule has 1 heterocycles. The molecule has 0 aliphatic heterocycles. The number of esters is 2. The lowest BCUT2D eigenvalue weighted by molar-refractivity contribution is -0.169. The van der Waals surface area contributed by atoms with Gasteiger partial charge in [-0.3, -0.25) is 9.78 Å². The standard InChI is InChI=1S/C15H16ClF3N2O5/c1-4-25-12(23)14(21-8(3)22,13(24)26-5-2)11-10(16)6-9(7-20-11)15(17,18)19/h6-7H,4-5H2,1-3H3,(H,21,22). The number of nitrogens with one attached hydrogen (secondary N) is 1. The highest BCUT2D eigenvalue weighted by molar-refractivity contribution is 6.32. The molecular weight excluding hydrogens is 381 g/mol. The van der Waals surface area contributed by atoms with Crippen LogP contribution in [0.5, 0.6) is 0 Å². The van der Waals surface area contributed by atoms with Crippen LogP contribution in [-0.4, -0.2) is 36.0 Å². The number of hydrogen-bond donors (Lipinski definition) is 1. The Hall–Kier alpha value is -2.36. The lowest BCUT2D eigenvalue weighted by atomic mass is 9.93. The molecule has 0 saturated heterocycles. The van der Waals surface area contributed by atoms with Crippen LogP contribution in [0.25, 0.3) is 0 Å². The summed E-state index contributed by atoms with van der Waals surface area (Å²) < 4.78 is 48.1. The Morgan fingerprint density at radius 2 is 1.65 bits per heavy atom. The van der Waals surface area contributed by atoms with Crippen LogP contribution in [0.4, 0.5) is 13.2 Å². The van der Waals surface area contributed by atoms with Crippen molar-refractivity contribution in [2.45, 2.75) is 32.5 Å². The van der Waals surface area contributed by atoms with Gasteiger partial charge in [0.1, 0.15) is 5.69 Å². The first kappa shape index (κ1) is 21.7. The first-order valence-electron chi connectivity index (χ1n) is 7.37. The summed E-state index contributed by atoms with van der Waals surface area (Å²) in [4.78, 5) is 40.1. The number of aromatic nitrogens is 1. The highest BCUT2D eigenvalue weighted by Gasteiger charge is 2.54. The van der Waals surface area contributed by atoms with Crippen molar-refractivity contribution < 1.29 is 37.0 Å². The summed E-state index contributed by atoms with van der Waals surface area (Å²) >= 11 is 5.86. The summed E-state index contributed by atoms with van der Waals surface area (Å²) in [5, 5.41) is 1.39. The third-order valence-corrected chi connectivity index (χ3v) is 3.34. The molecule has 144 valence electrons. The minimum absolute atomic E-state index is 0.183. The van der Waals surface area contributed by atoms with E-state index in [9.17, 15) is 27.6 Å². The molecule has 11 heteroatoms. The van der Waals surface area contributed by atoms with Crippen LogP contribution in [0.15, 0.2) is 12.3 Å². The molecule has 0 atom stereocenters. The van der Waals surface area contributed by atoms with Gasteiger partial charge in [-0.15, -0.1) is 0 Å². The number of carbonyl (C=O) groups is 3. The zero-order valence-electron chi connectivity index (χ0n) is 14.1. The fourth-order valence-corrected chi connectivity index (χ4v) is 2.36. The van der Waals surface area contributed by atoms with Crippen molar-refractivity contribution in [3.8, 4) is 0 Å². The first-order valence-corrected chi connectivity index (χ1v) is 7.74. The molecule has 0 aliphatic rings. The minimum atomic E-state index is -4.75. The van der Waals surface area contributed by atoms with Crippen LogP contribution >= 0.6 is 11.6 Å². The maximum absolute atomic E-state index is 12.8. The molecular formula is C15H16ClF3N2O5. The number of ether oxygens (including phenoxy) is 2. The van der Waals surface area contributed by atoms with Crippen LogP contribution in [-0.2, 0) is 35.6 Å². The normalized spacial score (nSPS) is 11.7. The zero-order valence-corrected chi connectivity index (χ0v) is 14.8. The van der Waals surface area contributed by atoms with Gasteiger partial charge in [-0.1, -0.05) is 11.6 Å². The third-order valence-electron chi connectivity index (χ3n) is 3.05. The van der Waals surface area contributed by atoms with Crippen LogP contribution < -0.4 is 5.32 Å². The van der Waals surface area contributed by atoms with Crippen molar-refractivity contribution >= 4 is 29.4 Å². The summed E-state index contributed by atoms with van der Waals surface area (Å²) in [5.41, 5.74) is -4.48. The average Bonchev–Trinajstić information content (AvgIpc) is 2.52. The van der Waals surface area contributed by atoms with Gasteiger partial charge >= 0.3 is 18.1 Å². The van der Waals surface area contributed by atoms with Gasteiger partial charge in [0.2, 0.25) is 5.91 Å². The number of rotatable bonds is 6. The van der Waals surface area contributed by atoms with E-state index in [1.165, 1.54) is 13.8 Å². The van der Waals surface area contributed by atoms with Gasteiger partial charge in [-0.05, 0) is 19.9 Å². The molecule has 0 bridgehead atoms. The van der Waals surface area contributed by atoms with Crippen molar-refractivity contribution in [3.63, 3.8) is 0 Å². The van der Waals surface area contributed by atoms with E-state index in [0.717, 1.165) is 6.92 Å². The molecule has 1 amide bonds. The Bertz CT molecular complexity index is 691. The highest BCUT2D eigenvalue weighted by Crippen LogP contribution is 2.35. The Kier molecular flexibility index (Phi) is 6.96. The maximum atomic E-state index is 12.8. The van der Waals surface area contributed by atoms with Crippen LogP contribution in [0.1, 0.15) is 32.0 Å². The van der Waals surface area contributed by atoms with Crippen molar-refractivity contribution in [2.24, 2.45) is 0 Å². The summed E-state index contributed by atoms with van der Waals surface area (Å²) in [6.45, 7) is 3.49. The third kappa shape index (κ3) is 4.43. The average molecular weight is 397 g/mol. The molecule has 0 radical (unpaired) electrons. The number of halogens is 4. The van der Waals surface area contributed by atoms with Crippen molar-refractivity contribution in [3.05, 3.63) is 28.5 Å². The fraction of sp³-hybridized carbons (Fsp3) is 0.467. The van der Waals surface area contributed by atoms with E-state index < -0.39 is 45.8 Å². The Morgan fingerprint density at radius 1 is 1.15 bits per heavy atom. The number of amides is 1. The molecule has 1 aromatic heterocycles. The summed E-state index contributed by atoms with van der Waals surface area (Å²) in [7, 11) is 0. The number of nitrogens with zero attached hydrogens (tertiary/aromatic N) is 1. The SMILES string of the molecule is CCOC(=O)C(NC(C)=O)(C(=O)OCC)c1ncc(C(F)(F)F)cc1Cl. The number of carbonyl (C=O) groups excluding carboxylic acids is 3. The van der Waals surface area contributed by atoms with Crippen LogP contribution in [0.3, 0.4) is 0 Å². The van der Waals surface area contributed by atoms with E-state index in [4.69, 9.17) is 21.1 Å². The minimum Gasteiger partial charge on any atom is -0.463 e. The van der Waals surface area contributed by atoms with E-state index in [1.54, 1.807) is 0 Å². The predicted octanol–water partition coefficient (Wildman–Crippen LogP) is 2.21. The maximum Gasteiger partial charge on any atom is 0.417 e. The second-order valence-corrected chi connectivity index (χ2v) is 5.33. The van der Waals surface area contributed by atoms with Crippen molar-refractivity contribution in [1.29, 1.82) is 0 Å². The molecule has 0 saturated carbocycles. The molecule has 0 aliphatic carbocycles. The number of alkyl halides is 3. The van der Waals surface area contributed by atoms with Gasteiger partial charge < -0.3 is 14.8 Å². The lowest BCUT2D eigenvalue weighted by Crippen LogP contribution is -2.59. The van der Waals surface area contributed by atoms with Crippen molar-refractivity contribution in [1.82, 2.24) is 10.3 Å². The zero-order chi connectivity index (χ0) is 20.1. The summed E-state index contributed by atoms with van der Waals surface area (Å²) in [5.74, 6) is -3.44. The molecule has 0 spiro atoms. The summed E-state index contributed by atoms with van der Waals surface area (Å²) in [6, 6.07) is 0.485. The van der Waals surface area contributed by atoms with E-state index in [0.29, 0.717) is 12.3 Å². The van der Waals surface area contributed by atoms with Gasteiger partial charge in [0.05, 0.1) is 23.8 Å². The molecule has 0 aromatic carbocycles. The molecule has 0 fully saturated rings. The fourth-order valence-electron chi connectivity index (χ4n) is 2.05. The largest absolute Gasteiger partial charge is 0.463 e. The van der Waals surface area contributed by atoms with E-state index >= 15 is 0 Å². The van der Waals surface area contributed by atoms with Gasteiger partial charge in [-0.25, -0.2) is 9.59 Å². The smallest absolute Gasteiger partial charge is 0.417 e. The second-order valence-electron chi connectivity index (χ2n) is 4.92. The molecule has 1 N–H and O–H groups in total. The first-order chi connectivity index (χ1) is 12.0. The highest BCUT2D eigenvalue weighted by atomic mass is 35.5. The monoisotopic (exact) mass is 396 g/mol. The lowest BCUT2D eigenvalue weighted by Gasteiger charge is -2.29. The molecule has 0 unspecified atom stereocenters. The predicted molar refractivity (Wildman–Crippen MR) is 83.0 cm³/mol. The van der Waals surface area contributed by atoms with Gasteiger partial charge in [0, 0.05) is 13.1 Å². The van der Waals surface area contributed by atoms with Gasteiger partial charge in [-0.2, -0.15) is 13.2 Å². The second kappa shape index (κ2) is 8.35. The number of hydrogen-bond acceptors (Lipinski definition) is 6. The van der Waals surface area contributed by atoms with Crippen LogP contribution in [0, 0.1) is 0 Å². The molecule has 7 nitrogen and oxygen atoms in total. The Morgan fingerprint density at radius 3 is 2.00 bits per heavy atom. The molecule has 26 heavy (non-hydrogen) atoms.